The van der Waals surface area contributed by atoms with Crippen molar-refractivity contribution in [3.8, 4) is 0 Å². The summed E-state index contributed by atoms with van der Waals surface area (Å²) in [4.78, 5) is 11.7. The molecule has 2 unspecified atom stereocenters. The zero-order chi connectivity index (χ0) is 15.1. The Labute approximate surface area is 124 Å². The summed E-state index contributed by atoms with van der Waals surface area (Å²) in [7, 11) is 0. The van der Waals surface area contributed by atoms with Crippen LogP contribution in [0, 0.1) is 17.7 Å². The molecular weight excluding hydrogens is 271 g/mol. The first-order valence-electron chi connectivity index (χ1n) is 7.53. The van der Waals surface area contributed by atoms with Crippen LogP contribution in [0.5, 0.6) is 0 Å². The number of rotatable bonds is 6. The molecule has 5 heteroatoms. The van der Waals surface area contributed by atoms with Crippen LogP contribution in [0.25, 0.3) is 0 Å². The highest BCUT2D eigenvalue weighted by atomic mass is 19.1. The molecule has 1 amide bonds. The van der Waals surface area contributed by atoms with Crippen LogP contribution in [-0.2, 0) is 9.53 Å². The molecule has 1 aliphatic rings. The van der Waals surface area contributed by atoms with Crippen LogP contribution in [0.4, 0.5) is 10.1 Å². The Hall–Kier alpha value is -1.46. The van der Waals surface area contributed by atoms with E-state index in [1.165, 1.54) is 25.0 Å². The molecule has 1 aromatic carbocycles. The summed E-state index contributed by atoms with van der Waals surface area (Å²) >= 11 is 0. The number of anilines is 1. The molecule has 2 rings (SSSR count). The topological polar surface area (TPSA) is 64.3 Å². The molecule has 0 heterocycles. The standard InChI is InChI=1S/C16H23FN2O2/c17-14-7-3-4-8-15(14)19-16(20)11-21-10-13-6-2-1-5-12(13)9-18/h3-4,7-8,12-13H,1-2,5-6,9-11,18H2,(H,19,20). The molecule has 0 aliphatic heterocycles. The lowest BCUT2D eigenvalue weighted by Gasteiger charge is -2.30. The Kier molecular flexibility index (Phi) is 6.14. The second kappa shape index (κ2) is 8.10. The number of carbonyl (C=O) groups excluding carboxylic acids is 1. The molecule has 1 fully saturated rings. The molecule has 3 N–H and O–H groups in total. The molecule has 2 atom stereocenters. The van der Waals surface area contributed by atoms with Crippen molar-refractivity contribution in [3.05, 3.63) is 30.1 Å². The highest BCUT2D eigenvalue weighted by Gasteiger charge is 2.24. The first kappa shape index (κ1) is 15.9. The Morgan fingerprint density at radius 3 is 2.71 bits per heavy atom. The first-order chi connectivity index (χ1) is 10.2. The Morgan fingerprint density at radius 2 is 2.00 bits per heavy atom. The third-order valence-electron chi connectivity index (χ3n) is 4.08. The van der Waals surface area contributed by atoms with Gasteiger partial charge in [-0.2, -0.15) is 0 Å². The Balaban J connectivity index is 1.73. The van der Waals surface area contributed by atoms with E-state index in [2.05, 4.69) is 5.32 Å². The number of nitrogens with one attached hydrogen (secondary N) is 1. The molecule has 116 valence electrons. The average Bonchev–Trinajstić information content (AvgIpc) is 2.50. The van der Waals surface area contributed by atoms with E-state index in [9.17, 15) is 9.18 Å². The predicted octanol–water partition coefficient (Wildman–Crippen LogP) is 2.55. The second-order valence-corrected chi connectivity index (χ2v) is 5.58. The van der Waals surface area contributed by atoms with Gasteiger partial charge in [-0.1, -0.05) is 25.0 Å². The number of benzene rings is 1. The fraction of sp³-hybridized carbons (Fsp3) is 0.562. The van der Waals surface area contributed by atoms with E-state index in [-0.39, 0.29) is 18.2 Å². The molecule has 0 saturated heterocycles. The lowest BCUT2D eigenvalue weighted by Crippen LogP contribution is -2.31. The smallest absolute Gasteiger partial charge is 0.250 e. The fourth-order valence-electron chi connectivity index (χ4n) is 2.87. The molecule has 4 nitrogen and oxygen atoms in total. The van der Waals surface area contributed by atoms with Gasteiger partial charge >= 0.3 is 0 Å². The van der Waals surface area contributed by atoms with Crippen molar-refractivity contribution in [1.29, 1.82) is 0 Å². The maximum Gasteiger partial charge on any atom is 0.250 e. The zero-order valence-electron chi connectivity index (χ0n) is 12.2. The van der Waals surface area contributed by atoms with Gasteiger partial charge in [-0.05, 0) is 43.4 Å². The Bertz CT molecular complexity index is 467. The summed E-state index contributed by atoms with van der Waals surface area (Å²) in [6.07, 6.45) is 4.68. The highest BCUT2D eigenvalue weighted by Crippen LogP contribution is 2.29. The van der Waals surface area contributed by atoms with Crippen LogP contribution in [0.2, 0.25) is 0 Å². The molecule has 1 aliphatic carbocycles. The molecule has 1 aromatic rings. The van der Waals surface area contributed by atoms with Crippen molar-refractivity contribution in [2.75, 3.05) is 25.1 Å². The van der Waals surface area contributed by atoms with Crippen molar-refractivity contribution in [2.24, 2.45) is 17.6 Å². The molecule has 0 spiro atoms. The zero-order valence-corrected chi connectivity index (χ0v) is 12.2. The van der Waals surface area contributed by atoms with Gasteiger partial charge in [0.15, 0.2) is 0 Å². The number of halogens is 1. The minimum atomic E-state index is -0.443. The van der Waals surface area contributed by atoms with E-state index in [0.29, 0.717) is 25.0 Å². The fourth-order valence-corrected chi connectivity index (χ4v) is 2.87. The molecule has 0 aromatic heterocycles. The monoisotopic (exact) mass is 294 g/mol. The van der Waals surface area contributed by atoms with E-state index < -0.39 is 5.82 Å². The van der Waals surface area contributed by atoms with Gasteiger partial charge in [0, 0.05) is 0 Å². The molecule has 0 radical (unpaired) electrons. The van der Waals surface area contributed by atoms with Crippen LogP contribution in [0.3, 0.4) is 0 Å². The van der Waals surface area contributed by atoms with Gasteiger partial charge in [0.2, 0.25) is 5.91 Å². The SMILES string of the molecule is NCC1CCCCC1COCC(=O)Nc1ccccc1F. The molecule has 1 saturated carbocycles. The minimum absolute atomic E-state index is 0.0534. The predicted molar refractivity (Wildman–Crippen MR) is 80.4 cm³/mol. The Morgan fingerprint density at radius 1 is 1.29 bits per heavy atom. The third-order valence-corrected chi connectivity index (χ3v) is 4.08. The van der Waals surface area contributed by atoms with Crippen molar-refractivity contribution in [2.45, 2.75) is 25.7 Å². The maximum atomic E-state index is 13.4. The number of amides is 1. The first-order valence-corrected chi connectivity index (χ1v) is 7.53. The lowest BCUT2D eigenvalue weighted by molar-refractivity contribution is -0.121. The van der Waals surface area contributed by atoms with Gasteiger partial charge in [0.05, 0.1) is 12.3 Å². The highest BCUT2D eigenvalue weighted by molar-refractivity contribution is 5.91. The van der Waals surface area contributed by atoms with Crippen molar-refractivity contribution in [3.63, 3.8) is 0 Å². The van der Waals surface area contributed by atoms with Crippen LogP contribution >= 0.6 is 0 Å². The van der Waals surface area contributed by atoms with E-state index >= 15 is 0 Å². The average molecular weight is 294 g/mol. The van der Waals surface area contributed by atoms with Crippen molar-refractivity contribution in [1.82, 2.24) is 0 Å². The lowest BCUT2D eigenvalue weighted by atomic mass is 9.80. The van der Waals surface area contributed by atoms with E-state index in [4.69, 9.17) is 10.5 Å². The maximum absolute atomic E-state index is 13.4. The van der Waals surface area contributed by atoms with Crippen LogP contribution in [0.15, 0.2) is 24.3 Å². The van der Waals surface area contributed by atoms with E-state index in [1.807, 2.05) is 0 Å². The third kappa shape index (κ3) is 4.79. The van der Waals surface area contributed by atoms with Crippen LogP contribution in [0.1, 0.15) is 25.7 Å². The summed E-state index contributed by atoms with van der Waals surface area (Å²) < 4.78 is 18.9. The van der Waals surface area contributed by atoms with Crippen molar-refractivity contribution >= 4 is 11.6 Å². The number of hydrogen-bond donors (Lipinski definition) is 2. The van der Waals surface area contributed by atoms with Crippen LogP contribution in [-0.4, -0.2) is 25.7 Å². The summed E-state index contributed by atoms with van der Waals surface area (Å²) in [6, 6.07) is 6.09. The normalized spacial score (nSPS) is 22.0. The number of ether oxygens (including phenoxy) is 1. The van der Waals surface area contributed by atoms with Gasteiger partial charge in [0.1, 0.15) is 12.4 Å². The van der Waals surface area contributed by atoms with Crippen molar-refractivity contribution < 1.29 is 13.9 Å². The van der Waals surface area contributed by atoms with Crippen LogP contribution < -0.4 is 11.1 Å². The number of para-hydroxylation sites is 1. The van der Waals surface area contributed by atoms with Gasteiger partial charge in [-0.15, -0.1) is 0 Å². The number of hydrogen-bond acceptors (Lipinski definition) is 3. The molecule has 21 heavy (non-hydrogen) atoms. The minimum Gasteiger partial charge on any atom is -0.371 e. The molecular formula is C16H23FN2O2. The van der Waals surface area contributed by atoms with E-state index in [0.717, 1.165) is 12.8 Å². The number of nitrogens with two attached hydrogens (primary N) is 1. The van der Waals surface area contributed by atoms with Gasteiger partial charge in [-0.3, -0.25) is 4.79 Å². The van der Waals surface area contributed by atoms with Gasteiger partial charge in [-0.25, -0.2) is 4.39 Å². The van der Waals surface area contributed by atoms with Gasteiger partial charge < -0.3 is 15.8 Å². The summed E-state index contributed by atoms with van der Waals surface area (Å²) in [6.45, 7) is 1.17. The van der Waals surface area contributed by atoms with E-state index in [1.54, 1.807) is 12.1 Å². The largest absolute Gasteiger partial charge is 0.371 e. The summed E-state index contributed by atoms with van der Waals surface area (Å²) in [5, 5.41) is 2.51. The number of carbonyl (C=O) groups is 1. The van der Waals surface area contributed by atoms with Gasteiger partial charge in [0.25, 0.3) is 0 Å². The summed E-state index contributed by atoms with van der Waals surface area (Å²) in [5.74, 6) is 0.153. The quantitative estimate of drug-likeness (QED) is 0.847. The second-order valence-electron chi connectivity index (χ2n) is 5.58. The molecule has 0 bridgehead atoms. The summed E-state index contributed by atoms with van der Waals surface area (Å²) in [5.41, 5.74) is 5.95.